The highest BCUT2D eigenvalue weighted by molar-refractivity contribution is 7.20. The Morgan fingerprint density at radius 2 is 1.26 bits per heavy atom. The number of rotatable bonds is 10. The maximum atomic E-state index is 15.0. The molecule has 2 aromatic carbocycles. The number of nitrogens with one attached hydrogen (secondary N) is 1. The zero-order valence-electron chi connectivity index (χ0n) is 36.7. The van der Waals surface area contributed by atoms with Crippen LogP contribution < -0.4 is 15.1 Å². The Labute approximate surface area is 402 Å². The SMILES string of the molecule is O=C1CCC(=O)N1Cc1cc2nccc(-c3cc(Cl)cc4c3N(C3CC(OC5CCN(C6CNC6)c6c(-c7ccnc8cc(CN9C(=O)CCC9=O)sc78)cc(C(F)(F)F)cc65)C3)CCC4)c2s1. The third-order valence-electron chi connectivity index (χ3n) is 14.5. The van der Waals surface area contributed by atoms with Gasteiger partial charge in [-0.25, -0.2) is 0 Å². The van der Waals surface area contributed by atoms with Gasteiger partial charge in [-0.2, -0.15) is 13.2 Å². The molecule has 4 fully saturated rings. The number of carbonyl (C=O) groups is 4. The van der Waals surface area contributed by atoms with Crippen LogP contribution in [0.15, 0.2) is 60.9 Å². The highest BCUT2D eigenvalue weighted by atomic mass is 35.5. The molecule has 0 bridgehead atoms. The van der Waals surface area contributed by atoms with Gasteiger partial charge in [0.25, 0.3) is 0 Å². The zero-order valence-corrected chi connectivity index (χ0v) is 39.1. The topological polar surface area (TPSA) is 128 Å². The molecule has 6 aromatic rings. The Morgan fingerprint density at radius 1 is 0.691 bits per heavy atom. The molecule has 1 N–H and O–H groups in total. The lowest BCUT2D eigenvalue weighted by Crippen LogP contribution is -2.59. The summed E-state index contributed by atoms with van der Waals surface area (Å²) in [4.78, 5) is 68.1. The first-order valence-electron chi connectivity index (χ1n) is 23.2. The van der Waals surface area contributed by atoms with Gasteiger partial charge in [0.2, 0.25) is 23.6 Å². The fourth-order valence-electron chi connectivity index (χ4n) is 11.0. The van der Waals surface area contributed by atoms with Crippen molar-refractivity contribution in [1.82, 2.24) is 25.1 Å². The number of alkyl halides is 3. The predicted octanol–water partition coefficient (Wildman–Crippen LogP) is 9.43. The van der Waals surface area contributed by atoms with Gasteiger partial charge in [-0.05, 0) is 86.2 Å². The van der Waals surface area contributed by atoms with Crippen molar-refractivity contribution in [3.8, 4) is 22.3 Å². The Hall–Kier alpha value is -5.46. The second-order valence-electron chi connectivity index (χ2n) is 18.7. The van der Waals surface area contributed by atoms with Crippen molar-refractivity contribution in [1.29, 1.82) is 0 Å². The minimum atomic E-state index is -4.63. The van der Waals surface area contributed by atoms with E-state index < -0.39 is 17.8 Å². The predicted molar refractivity (Wildman–Crippen MR) is 255 cm³/mol. The highest BCUT2D eigenvalue weighted by Crippen LogP contribution is 2.52. The third-order valence-corrected chi connectivity index (χ3v) is 17.0. The summed E-state index contributed by atoms with van der Waals surface area (Å²) in [6.45, 7) is 3.19. The zero-order chi connectivity index (χ0) is 46.6. The molecule has 5 aliphatic heterocycles. The van der Waals surface area contributed by atoms with E-state index in [1.807, 2.05) is 30.3 Å². The van der Waals surface area contributed by atoms with Crippen LogP contribution in [0.4, 0.5) is 24.5 Å². The third kappa shape index (κ3) is 7.65. The lowest BCUT2D eigenvalue weighted by Gasteiger charge is -2.49. The molecule has 0 radical (unpaired) electrons. The summed E-state index contributed by atoms with van der Waals surface area (Å²) >= 11 is 9.73. The van der Waals surface area contributed by atoms with Crippen molar-refractivity contribution >= 4 is 89.7 Å². The molecule has 12 nitrogen and oxygen atoms in total. The number of imide groups is 2. The van der Waals surface area contributed by atoms with E-state index in [2.05, 4.69) is 25.1 Å². The number of fused-ring (bicyclic) bond motifs is 4. The van der Waals surface area contributed by atoms with Crippen LogP contribution in [-0.4, -0.2) is 87.8 Å². The molecule has 4 amide bonds. The number of halogens is 4. The van der Waals surface area contributed by atoms with Gasteiger partial charge in [0.05, 0.1) is 63.0 Å². The molecule has 1 saturated carbocycles. The average molecular weight is 981 g/mol. The van der Waals surface area contributed by atoms with Crippen molar-refractivity contribution in [2.75, 3.05) is 36.0 Å². The molecular weight excluding hydrogens is 935 g/mol. The van der Waals surface area contributed by atoms with Gasteiger partial charge in [0.15, 0.2) is 0 Å². The molecule has 18 heteroatoms. The summed E-state index contributed by atoms with van der Waals surface area (Å²) in [6.07, 6.45) is 2.57. The monoisotopic (exact) mass is 979 g/mol. The quantitative estimate of drug-likeness (QED) is 0.133. The van der Waals surface area contributed by atoms with Crippen molar-refractivity contribution in [3.05, 3.63) is 92.4 Å². The van der Waals surface area contributed by atoms with Gasteiger partial charge in [-0.3, -0.25) is 38.9 Å². The van der Waals surface area contributed by atoms with Gasteiger partial charge in [-0.1, -0.05) is 11.6 Å². The Bertz CT molecular complexity index is 3060. The van der Waals surface area contributed by atoms with Gasteiger partial charge in [0.1, 0.15) is 0 Å². The van der Waals surface area contributed by atoms with Crippen molar-refractivity contribution < 1.29 is 37.1 Å². The molecule has 1 aliphatic carbocycles. The highest BCUT2D eigenvalue weighted by Gasteiger charge is 2.43. The number of benzene rings is 2. The van der Waals surface area contributed by atoms with Crippen LogP contribution in [0, 0.1) is 0 Å². The van der Waals surface area contributed by atoms with E-state index in [4.69, 9.17) is 16.3 Å². The Balaban J connectivity index is 0.852. The number of ether oxygens (including phenoxy) is 1. The summed E-state index contributed by atoms with van der Waals surface area (Å²) in [6, 6.07) is 14.4. The first-order chi connectivity index (χ1) is 32.8. The van der Waals surface area contributed by atoms with E-state index in [0.717, 1.165) is 67.4 Å². The molecule has 4 aromatic heterocycles. The number of hydrogen-bond acceptors (Lipinski definition) is 12. The summed E-state index contributed by atoms with van der Waals surface area (Å²) in [7, 11) is 0. The van der Waals surface area contributed by atoms with Gasteiger partial charge in [-0.15, -0.1) is 22.7 Å². The fourth-order valence-corrected chi connectivity index (χ4v) is 13.5. The number of amides is 4. The number of nitrogens with zero attached hydrogens (tertiary/aromatic N) is 6. The normalized spacial score (nSPS) is 22.1. The molecule has 1 unspecified atom stereocenters. The minimum Gasteiger partial charge on any atom is -0.370 e. The molecule has 12 rings (SSSR count). The van der Waals surface area contributed by atoms with Crippen molar-refractivity contribution in [3.63, 3.8) is 0 Å². The maximum Gasteiger partial charge on any atom is 0.416 e. The largest absolute Gasteiger partial charge is 0.416 e. The fraction of sp³-hybridized carbons (Fsp3) is 0.400. The number of aryl methyl sites for hydroxylation is 1. The van der Waals surface area contributed by atoms with Crippen LogP contribution in [0.5, 0.6) is 0 Å². The van der Waals surface area contributed by atoms with E-state index in [-0.39, 0.29) is 80.6 Å². The van der Waals surface area contributed by atoms with Gasteiger partial charge in [0, 0.05) is 119 Å². The molecule has 3 saturated heterocycles. The van der Waals surface area contributed by atoms with Crippen molar-refractivity contribution in [2.45, 2.75) is 101 Å². The molecule has 0 spiro atoms. The van der Waals surface area contributed by atoms with Gasteiger partial charge < -0.3 is 19.9 Å². The first kappa shape index (κ1) is 43.8. The summed E-state index contributed by atoms with van der Waals surface area (Å²) in [5.74, 6) is -0.780. The Kier molecular flexibility index (Phi) is 10.9. The molecular formula is C50H45ClF3N7O5S2. The van der Waals surface area contributed by atoms with Gasteiger partial charge >= 0.3 is 6.18 Å². The standard InChI is InChI=1S/C50H45ClF3N7O5S2/c51-28-14-26-2-1-12-58(46(26)37(17-28)35-8-11-57-40-21-33(68-49(35)40)25-61-44(64)5-6-45(61)65)29-18-31(19-29)66-41-9-13-59(30-22-55-23-30)47-36(15-27(16-38(41)47)50(52,53)54)34-7-10-56-39-20-32(67-48(34)39)24-60-42(62)3-4-43(60)63/h7-8,10-11,14-17,20-21,29-31,41,55H,1-6,9,12-13,18-19,22-25H2. The van der Waals surface area contributed by atoms with Crippen LogP contribution in [-0.2, 0) is 49.6 Å². The molecule has 9 heterocycles. The van der Waals surface area contributed by atoms with Crippen LogP contribution >= 0.6 is 34.3 Å². The number of likely N-dealkylation sites (tertiary alicyclic amines) is 2. The molecule has 350 valence electrons. The number of anilines is 2. The van der Waals surface area contributed by atoms with E-state index >= 15 is 13.2 Å². The second kappa shape index (κ2) is 16.9. The number of aromatic nitrogens is 2. The lowest BCUT2D eigenvalue weighted by molar-refractivity contribution is -0.140. The molecule has 68 heavy (non-hydrogen) atoms. The van der Waals surface area contributed by atoms with Crippen molar-refractivity contribution in [2.24, 2.45) is 0 Å². The van der Waals surface area contributed by atoms with Crippen LogP contribution in [0.3, 0.4) is 0 Å². The maximum absolute atomic E-state index is 15.0. The summed E-state index contributed by atoms with van der Waals surface area (Å²) < 4.78 is 53.7. The number of thiophene rings is 2. The lowest BCUT2D eigenvalue weighted by atomic mass is 9.83. The van der Waals surface area contributed by atoms with Crippen LogP contribution in [0.25, 0.3) is 42.7 Å². The average Bonchev–Trinajstić information content (AvgIpc) is 4.06. The Morgan fingerprint density at radius 3 is 1.82 bits per heavy atom. The van der Waals surface area contributed by atoms with Crippen LogP contribution in [0.2, 0.25) is 5.02 Å². The first-order valence-corrected chi connectivity index (χ1v) is 25.2. The number of pyridine rings is 2. The van der Waals surface area contributed by atoms with E-state index in [0.29, 0.717) is 70.8 Å². The smallest absolute Gasteiger partial charge is 0.370 e. The number of carbonyl (C=O) groups excluding carboxylic acids is 4. The summed E-state index contributed by atoms with van der Waals surface area (Å²) in [5.41, 5.74) is 7.23. The minimum absolute atomic E-state index is 0.101. The van der Waals surface area contributed by atoms with E-state index in [9.17, 15) is 19.2 Å². The molecule has 1 atom stereocenters. The second-order valence-corrected chi connectivity index (χ2v) is 21.4. The summed E-state index contributed by atoms with van der Waals surface area (Å²) in [5, 5.41) is 3.98. The van der Waals surface area contributed by atoms with E-state index in [1.165, 1.54) is 44.6 Å². The number of hydrogen-bond donors (Lipinski definition) is 1. The van der Waals surface area contributed by atoms with E-state index in [1.54, 1.807) is 18.5 Å². The van der Waals surface area contributed by atoms with Crippen LogP contribution in [0.1, 0.15) is 83.9 Å². The molecule has 6 aliphatic rings.